The lowest BCUT2D eigenvalue weighted by Crippen LogP contribution is -1.79. The maximum Gasteiger partial charge on any atom is 0.0123 e. The largest absolute Gasteiger partial charge is 0.103 e. The van der Waals surface area contributed by atoms with E-state index in [4.69, 9.17) is 0 Å². The molecule has 0 heterocycles. The van der Waals surface area contributed by atoms with Crippen LogP contribution in [0.1, 0.15) is 71.1 Å². The van der Waals surface area contributed by atoms with Crippen LogP contribution in [0.4, 0.5) is 0 Å². The molecule has 0 aromatic rings. The Morgan fingerprint density at radius 3 is 2.13 bits per heavy atom. The fraction of sp³-hybridized carbons (Fsp3) is 0.733. The fourth-order valence-electron chi connectivity index (χ4n) is 1.52. The second kappa shape index (κ2) is 13.3. The molecule has 0 heteroatoms. The Bertz CT molecular complexity index is 180. The van der Waals surface area contributed by atoms with Gasteiger partial charge in [-0.3, -0.25) is 0 Å². The highest BCUT2D eigenvalue weighted by molar-refractivity contribution is 4.99. The minimum Gasteiger partial charge on any atom is -0.103 e. The summed E-state index contributed by atoms with van der Waals surface area (Å²) in [5, 5.41) is 0. The number of hydrogen-bond acceptors (Lipinski definition) is 0. The molecule has 0 aliphatic rings. The van der Waals surface area contributed by atoms with Crippen molar-refractivity contribution in [3.63, 3.8) is 0 Å². The van der Waals surface area contributed by atoms with Crippen molar-refractivity contribution in [2.75, 3.05) is 0 Å². The van der Waals surface area contributed by atoms with E-state index in [9.17, 15) is 0 Å². The molecule has 0 aromatic heterocycles. The summed E-state index contributed by atoms with van der Waals surface area (Å²) in [6.07, 6.45) is 14.7. The van der Waals surface area contributed by atoms with E-state index in [1.807, 2.05) is 6.08 Å². The topological polar surface area (TPSA) is 0 Å². The first-order valence-corrected chi connectivity index (χ1v) is 6.48. The molecular formula is C15H26. The van der Waals surface area contributed by atoms with E-state index in [0.29, 0.717) is 0 Å². The minimum atomic E-state index is 0.986. The second-order valence-electron chi connectivity index (χ2n) is 4.05. The standard InChI is InChI=1S/C15H26/c1-3-5-7-9-11-13-15-14-12-10-8-6-4-2/h3H,1,4-8,10,12-15H2,2H3. The van der Waals surface area contributed by atoms with E-state index in [0.717, 1.165) is 19.3 Å². The predicted molar refractivity (Wildman–Crippen MR) is 69.8 cm³/mol. The van der Waals surface area contributed by atoms with Crippen LogP contribution in [-0.4, -0.2) is 0 Å². The van der Waals surface area contributed by atoms with E-state index in [1.54, 1.807) is 0 Å². The molecule has 0 rings (SSSR count). The molecule has 0 saturated heterocycles. The molecule has 0 nitrogen and oxygen atoms in total. The van der Waals surface area contributed by atoms with Gasteiger partial charge in [0.05, 0.1) is 0 Å². The smallest absolute Gasteiger partial charge is 0.0123 e. The van der Waals surface area contributed by atoms with Crippen LogP contribution in [0.25, 0.3) is 0 Å². The Kier molecular flexibility index (Phi) is 12.7. The fourth-order valence-corrected chi connectivity index (χ4v) is 1.52. The summed E-state index contributed by atoms with van der Waals surface area (Å²) in [6, 6.07) is 0. The van der Waals surface area contributed by atoms with E-state index in [-0.39, 0.29) is 0 Å². The molecule has 0 amide bonds. The lowest BCUT2D eigenvalue weighted by atomic mass is 10.1. The minimum absolute atomic E-state index is 0.986. The van der Waals surface area contributed by atoms with Crippen molar-refractivity contribution in [2.24, 2.45) is 0 Å². The van der Waals surface area contributed by atoms with Gasteiger partial charge in [-0.2, -0.15) is 0 Å². The molecule has 0 spiro atoms. The molecule has 0 bridgehead atoms. The van der Waals surface area contributed by atoms with Crippen LogP contribution < -0.4 is 0 Å². The molecule has 0 aromatic carbocycles. The van der Waals surface area contributed by atoms with Gasteiger partial charge in [-0.15, -0.1) is 18.4 Å². The molecule has 0 N–H and O–H groups in total. The third-order valence-corrected chi connectivity index (χ3v) is 2.50. The molecule has 0 saturated carbocycles. The van der Waals surface area contributed by atoms with Crippen LogP contribution in [0.2, 0.25) is 0 Å². The van der Waals surface area contributed by atoms with Gasteiger partial charge in [-0.05, 0) is 12.8 Å². The molecule has 0 fully saturated rings. The predicted octanol–water partition coefficient (Wildman–Crippen LogP) is 5.10. The van der Waals surface area contributed by atoms with Crippen molar-refractivity contribution < 1.29 is 0 Å². The number of hydrogen-bond donors (Lipinski definition) is 0. The Morgan fingerprint density at radius 1 is 0.867 bits per heavy atom. The third kappa shape index (κ3) is 13.3. The van der Waals surface area contributed by atoms with Gasteiger partial charge >= 0.3 is 0 Å². The van der Waals surface area contributed by atoms with Crippen molar-refractivity contribution in [3.05, 3.63) is 12.7 Å². The summed E-state index contributed by atoms with van der Waals surface area (Å²) in [6.45, 7) is 5.94. The molecule has 0 unspecified atom stereocenters. The summed E-state index contributed by atoms with van der Waals surface area (Å²) in [5.74, 6) is 6.40. The van der Waals surface area contributed by atoms with Crippen molar-refractivity contribution in [2.45, 2.75) is 71.1 Å². The monoisotopic (exact) mass is 206 g/mol. The molecule has 86 valence electrons. The van der Waals surface area contributed by atoms with Gasteiger partial charge in [0.1, 0.15) is 0 Å². The highest BCUT2D eigenvalue weighted by Gasteiger charge is 1.88. The molecule has 15 heavy (non-hydrogen) atoms. The Morgan fingerprint density at radius 2 is 1.47 bits per heavy atom. The second-order valence-corrected chi connectivity index (χ2v) is 4.05. The zero-order chi connectivity index (χ0) is 11.2. The van der Waals surface area contributed by atoms with Gasteiger partial charge in [0.25, 0.3) is 0 Å². The number of rotatable bonds is 9. The average molecular weight is 206 g/mol. The maximum absolute atomic E-state index is 3.68. The Labute approximate surface area is 96.2 Å². The summed E-state index contributed by atoms with van der Waals surface area (Å²) in [5.41, 5.74) is 0. The maximum atomic E-state index is 3.68. The van der Waals surface area contributed by atoms with Gasteiger partial charge in [0.15, 0.2) is 0 Å². The first-order chi connectivity index (χ1) is 7.41. The molecule has 0 aliphatic carbocycles. The van der Waals surface area contributed by atoms with E-state index >= 15 is 0 Å². The van der Waals surface area contributed by atoms with Gasteiger partial charge < -0.3 is 0 Å². The lowest BCUT2D eigenvalue weighted by Gasteiger charge is -1.97. The average Bonchev–Trinajstić information content (AvgIpc) is 2.26. The zero-order valence-corrected chi connectivity index (χ0v) is 10.4. The normalized spacial score (nSPS) is 9.40. The van der Waals surface area contributed by atoms with Crippen molar-refractivity contribution >= 4 is 0 Å². The van der Waals surface area contributed by atoms with E-state index in [2.05, 4.69) is 25.3 Å². The van der Waals surface area contributed by atoms with Crippen LogP contribution in [-0.2, 0) is 0 Å². The van der Waals surface area contributed by atoms with Crippen LogP contribution in [0.15, 0.2) is 12.7 Å². The van der Waals surface area contributed by atoms with E-state index in [1.165, 1.54) is 44.9 Å². The summed E-state index contributed by atoms with van der Waals surface area (Å²) < 4.78 is 0. The first kappa shape index (κ1) is 14.3. The van der Waals surface area contributed by atoms with Crippen molar-refractivity contribution in [1.29, 1.82) is 0 Å². The quantitative estimate of drug-likeness (QED) is 0.280. The van der Waals surface area contributed by atoms with Gasteiger partial charge in [0, 0.05) is 12.8 Å². The molecule has 0 aliphatic heterocycles. The first-order valence-electron chi connectivity index (χ1n) is 6.48. The summed E-state index contributed by atoms with van der Waals surface area (Å²) >= 11 is 0. The van der Waals surface area contributed by atoms with Crippen molar-refractivity contribution in [3.8, 4) is 11.8 Å². The van der Waals surface area contributed by atoms with Crippen LogP contribution in [0.5, 0.6) is 0 Å². The Hall–Kier alpha value is -0.700. The molecule has 0 atom stereocenters. The number of unbranched alkanes of at least 4 members (excludes halogenated alkanes) is 8. The van der Waals surface area contributed by atoms with Gasteiger partial charge in [-0.1, -0.05) is 51.5 Å². The van der Waals surface area contributed by atoms with E-state index < -0.39 is 0 Å². The Balaban J connectivity index is 3.02. The number of allylic oxidation sites excluding steroid dienone is 1. The zero-order valence-electron chi connectivity index (χ0n) is 10.4. The molecular weight excluding hydrogens is 180 g/mol. The highest BCUT2D eigenvalue weighted by atomic mass is 13.9. The highest BCUT2D eigenvalue weighted by Crippen LogP contribution is 2.07. The summed E-state index contributed by atoms with van der Waals surface area (Å²) in [4.78, 5) is 0. The SMILES string of the molecule is C=CCCC#CCCCCCCCCC. The van der Waals surface area contributed by atoms with Crippen molar-refractivity contribution in [1.82, 2.24) is 0 Å². The van der Waals surface area contributed by atoms with Gasteiger partial charge in [-0.25, -0.2) is 0 Å². The molecule has 0 radical (unpaired) electrons. The van der Waals surface area contributed by atoms with Crippen LogP contribution in [0.3, 0.4) is 0 Å². The lowest BCUT2D eigenvalue weighted by molar-refractivity contribution is 0.594. The third-order valence-electron chi connectivity index (χ3n) is 2.50. The van der Waals surface area contributed by atoms with Crippen LogP contribution >= 0.6 is 0 Å². The van der Waals surface area contributed by atoms with Crippen LogP contribution in [0, 0.1) is 11.8 Å². The van der Waals surface area contributed by atoms with Gasteiger partial charge in [0.2, 0.25) is 0 Å². The summed E-state index contributed by atoms with van der Waals surface area (Å²) in [7, 11) is 0.